The summed E-state index contributed by atoms with van der Waals surface area (Å²) in [4.78, 5) is 36.0. The first kappa shape index (κ1) is 19.5. The van der Waals surface area contributed by atoms with Crippen LogP contribution in [0.2, 0.25) is 0 Å². The van der Waals surface area contributed by atoms with Crippen molar-refractivity contribution in [2.45, 2.75) is 31.3 Å². The largest absolute Gasteiger partial charge is 0.465 e. The molecular weight excluding hydrogens is 412 g/mol. The number of anilines is 3. The average Bonchev–Trinajstić information content (AvgIpc) is 3.13. The van der Waals surface area contributed by atoms with Crippen LogP contribution in [0.1, 0.15) is 18.9 Å². The van der Waals surface area contributed by atoms with E-state index < -0.39 is 6.09 Å². The van der Waals surface area contributed by atoms with Gasteiger partial charge in [-0.05, 0) is 19.8 Å². The van der Waals surface area contributed by atoms with Crippen LogP contribution in [-0.2, 0) is 11.2 Å². The Kier molecular flexibility index (Phi) is 4.19. The molecule has 1 amide bonds. The van der Waals surface area contributed by atoms with Gasteiger partial charge in [0.1, 0.15) is 5.82 Å². The zero-order valence-corrected chi connectivity index (χ0v) is 17.9. The van der Waals surface area contributed by atoms with Gasteiger partial charge in [-0.25, -0.2) is 19.7 Å². The Morgan fingerprint density at radius 2 is 2.09 bits per heavy atom. The van der Waals surface area contributed by atoms with Crippen molar-refractivity contribution in [3.63, 3.8) is 0 Å². The van der Waals surface area contributed by atoms with Gasteiger partial charge >= 0.3 is 6.09 Å². The van der Waals surface area contributed by atoms with Gasteiger partial charge in [-0.3, -0.25) is 0 Å². The molecule has 1 aliphatic carbocycles. The lowest BCUT2D eigenvalue weighted by molar-refractivity contribution is 0.0981. The standard InChI is InChI=1S/C21H26N8O3/c1-12-10-32-5-4-28(12)19-25-16(13-7-23-18(22)24-8-13)15-2-3-29(17(15)26-19)21-6-14(21)9-27(11-21)20(30)31/h7-8,12,14H,2-6,9-11H2,1H3,(H,30,31)(H2,22,23,24)/t12-,14-,21?/m0/s1. The first-order chi connectivity index (χ1) is 15.5. The maximum Gasteiger partial charge on any atom is 0.407 e. The maximum atomic E-state index is 11.6. The summed E-state index contributed by atoms with van der Waals surface area (Å²) in [5, 5.41) is 9.50. The SMILES string of the molecule is C[C@H]1COCCN1c1nc(-c2cnc(N)nc2)c2c(n1)N(C13C[C@H]1CN(C(=O)O)C3)CC2. The summed E-state index contributed by atoms with van der Waals surface area (Å²) in [5.74, 6) is 2.16. The first-order valence-electron chi connectivity index (χ1n) is 11.0. The summed E-state index contributed by atoms with van der Waals surface area (Å²) in [6.45, 7) is 6.02. The van der Waals surface area contributed by atoms with Crippen molar-refractivity contribution >= 4 is 23.8 Å². The minimum atomic E-state index is -0.846. The monoisotopic (exact) mass is 438 g/mol. The number of likely N-dealkylation sites (tertiary alicyclic amines) is 1. The van der Waals surface area contributed by atoms with Crippen molar-refractivity contribution in [1.82, 2.24) is 24.8 Å². The lowest BCUT2D eigenvalue weighted by Gasteiger charge is -2.35. The van der Waals surface area contributed by atoms with Gasteiger partial charge < -0.3 is 30.3 Å². The molecule has 11 heteroatoms. The van der Waals surface area contributed by atoms with Gasteiger partial charge in [0.2, 0.25) is 11.9 Å². The predicted octanol–water partition coefficient (Wildman–Crippen LogP) is 0.856. The number of nitrogens with zero attached hydrogens (tertiary/aromatic N) is 7. The highest BCUT2D eigenvalue weighted by Gasteiger charge is 2.65. The van der Waals surface area contributed by atoms with Gasteiger partial charge in [0.15, 0.2) is 0 Å². The number of morpholine rings is 1. The van der Waals surface area contributed by atoms with Crippen LogP contribution < -0.4 is 15.5 Å². The van der Waals surface area contributed by atoms with E-state index in [1.807, 2.05) is 0 Å². The number of carboxylic acid groups (broad SMARTS) is 1. The van der Waals surface area contributed by atoms with Gasteiger partial charge in [0, 0.05) is 55.6 Å². The number of rotatable bonds is 3. The second-order valence-corrected chi connectivity index (χ2v) is 9.19. The molecule has 3 aliphatic heterocycles. The van der Waals surface area contributed by atoms with Crippen LogP contribution in [0.4, 0.5) is 22.5 Å². The molecule has 1 unspecified atom stereocenters. The molecule has 2 aromatic heterocycles. The molecule has 5 heterocycles. The second-order valence-electron chi connectivity index (χ2n) is 9.19. The van der Waals surface area contributed by atoms with E-state index in [0.717, 1.165) is 48.6 Å². The quantitative estimate of drug-likeness (QED) is 0.710. The van der Waals surface area contributed by atoms with Crippen molar-refractivity contribution in [3.8, 4) is 11.3 Å². The van der Waals surface area contributed by atoms with E-state index >= 15 is 0 Å². The number of nitrogens with two attached hydrogens (primary N) is 1. The molecule has 3 fully saturated rings. The van der Waals surface area contributed by atoms with Crippen LogP contribution in [0.3, 0.4) is 0 Å². The zero-order valence-electron chi connectivity index (χ0n) is 17.9. The number of ether oxygens (including phenoxy) is 1. The fourth-order valence-electron chi connectivity index (χ4n) is 5.55. The Morgan fingerprint density at radius 3 is 2.81 bits per heavy atom. The molecule has 11 nitrogen and oxygen atoms in total. The lowest BCUT2D eigenvalue weighted by Crippen LogP contribution is -2.45. The Morgan fingerprint density at radius 1 is 1.28 bits per heavy atom. The Labute approximate surface area is 185 Å². The first-order valence-corrected chi connectivity index (χ1v) is 11.0. The molecule has 2 aromatic rings. The van der Waals surface area contributed by atoms with E-state index in [4.69, 9.17) is 20.4 Å². The van der Waals surface area contributed by atoms with E-state index in [9.17, 15) is 9.90 Å². The molecule has 0 aromatic carbocycles. The summed E-state index contributed by atoms with van der Waals surface area (Å²) >= 11 is 0. The second kappa shape index (κ2) is 6.89. The maximum absolute atomic E-state index is 11.6. The summed E-state index contributed by atoms with van der Waals surface area (Å²) < 4.78 is 5.61. The van der Waals surface area contributed by atoms with Crippen molar-refractivity contribution in [1.29, 1.82) is 0 Å². The highest BCUT2D eigenvalue weighted by atomic mass is 16.5. The molecule has 168 valence electrons. The molecule has 1 saturated carbocycles. The van der Waals surface area contributed by atoms with Crippen LogP contribution >= 0.6 is 0 Å². The number of fused-ring (bicyclic) bond motifs is 2. The molecule has 3 atom stereocenters. The van der Waals surface area contributed by atoms with Crippen molar-refractivity contribution in [2.75, 3.05) is 54.9 Å². The van der Waals surface area contributed by atoms with E-state index in [0.29, 0.717) is 38.2 Å². The number of piperidine rings is 1. The average molecular weight is 438 g/mol. The third-order valence-corrected chi connectivity index (χ3v) is 7.30. The van der Waals surface area contributed by atoms with Crippen LogP contribution in [0.25, 0.3) is 11.3 Å². The number of hydrogen-bond acceptors (Lipinski definition) is 9. The molecular formula is C21H26N8O3. The molecule has 0 bridgehead atoms. The van der Waals surface area contributed by atoms with Crippen molar-refractivity contribution < 1.29 is 14.6 Å². The number of hydrogen-bond donors (Lipinski definition) is 2. The van der Waals surface area contributed by atoms with E-state index in [1.165, 1.54) is 4.90 Å². The van der Waals surface area contributed by atoms with Crippen LogP contribution in [0.5, 0.6) is 0 Å². The lowest BCUT2D eigenvalue weighted by atomic mass is 10.1. The Balaban J connectivity index is 1.44. The highest BCUT2D eigenvalue weighted by Crippen LogP contribution is 2.57. The number of nitrogen functional groups attached to an aromatic ring is 1. The molecule has 4 aliphatic rings. The third-order valence-electron chi connectivity index (χ3n) is 7.30. The van der Waals surface area contributed by atoms with E-state index in [2.05, 4.69) is 26.7 Å². The highest BCUT2D eigenvalue weighted by molar-refractivity contribution is 5.74. The molecule has 32 heavy (non-hydrogen) atoms. The molecule has 6 rings (SSSR count). The Hall–Kier alpha value is -3.21. The predicted molar refractivity (Wildman–Crippen MR) is 117 cm³/mol. The smallest absolute Gasteiger partial charge is 0.407 e. The molecule has 0 spiro atoms. The Bertz CT molecular complexity index is 1080. The molecule has 3 N–H and O–H groups in total. The summed E-state index contributed by atoms with van der Waals surface area (Å²) in [6, 6.07) is 0.160. The summed E-state index contributed by atoms with van der Waals surface area (Å²) in [5.41, 5.74) is 8.26. The van der Waals surface area contributed by atoms with Crippen LogP contribution in [-0.4, -0.2) is 87.0 Å². The summed E-state index contributed by atoms with van der Waals surface area (Å²) in [6.07, 6.45) is 4.38. The summed E-state index contributed by atoms with van der Waals surface area (Å²) in [7, 11) is 0. The van der Waals surface area contributed by atoms with Crippen molar-refractivity contribution in [3.05, 3.63) is 18.0 Å². The van der Waals surface area contributed by atoms with E-state index in [1.54, 1.807) is 12.4 Å². The normalized spacial score (nSPS) is 28.6. The fraction of sp³-hybridized carbons (Fsp3) is 0.571. The van der Waals surface area contributed by atoms with Gasteiger partial charge in [0.25, 0.3) is 0 Å². The fourth-order valence-corrected chi connectivity index (χ4v) is 5.55. The van der Waals surface area contributed by atoms with E-state index in [-0.39, 0.29) is 17.5 Å². The van der Waals surface area contributed by atoms with Gasteiger partial charge in [-0.1, -0.05) is 0 Å². The molecule has 0 radical (unpaired) electrons. The van der Waals surface area contributed by atoms with Crippen molar-refractivity contribution in [2.24, 2.45) is 5.92 Å². The number of carbonyl (C=O) groups is 1. The third kappa shape index (κ3) is 2.87. The van der Waals surface area contributed by atoms with Gasteiger partial charge in [0.05, 0.1) is 30.5 Å². The molecule has 2 saturated heterocycles. The zero-order chi connectivity index (χ0) is 22.0. The van der Waals surface area contributed by atoms with Crippen LogP contribution in [0.15, 0.2) is 12.4 Å². The van der Waals surface area contributed by atoms with Gasteiger partial charge in [-0.15, -0.1) is 0 Å². The number of amides is 1. The minimum absolute atomic E-state index is 0.152. The van der Waals surface area contributed by atoms with Crippen LogP contribution in [0, 0.1) is 5.92 Å². The van der Waals surface area contributed by atoms with Gasteiger partial charge in [-0.2, -0.15) is 4.98 Å². The topological polar surface area (TPSA) is 134 Å². The number of aromatic nitrogens is 4. The minimum Gasteiger partial charge on any atom is -0.465 e.